The lowest BCUT2D eigenvalue weighted by atomic mass is 10.0. The van der Waals surface area contributed by atoms with Crippen LogP contribution in [0.2, 0.25) is 0 Å². The maximum absolute atomic E-state index is 12.7. The lowest BCUT2D eigenvalue weighted by Crippen LogP contribution is -2.29. The number of phosphoric ester groups is 1. The highest BCUT2D eigenvalue weighted by molar-refractivity contribution is 7.47. The van der Waals surface area contributed by atoms with Crippen LogP contribution >= 0.6 is 7.82 Å². The van der Waals surface area contributed by atoms with Gasteiger partial charge in [-0.25, -0.2) is 4.57 Å². The molecule has 472 valence electrons. The first-order valence-corrected chi connectivity index (χ1v) is 34.8. The fraction of sp³-hybridized carbons (Fsp3) is 0.644. The summed E-state index contributed by atoms with van der Waals surface area (Å²) in [7, 11) is -4.41. The first kappa shape index (κ1) is 78.9. The zero-order chi connectivity index (χ0) is 60.1. The van der Waals surface area contributed by atoms with Crippen LogP contribution in [-0.4, -0.2) is 49.3 Å². The van der Waals surface area contributed by atoms with Crippen LogP contribution in [0.15, 0.2) is 146 Å². The number of phosphoric acid groups is 1. The Kier molecular flexibility index (Phi) is 63.7. The van der Waals surface area contributed by atoms with Gasteiger partial charge in [-0.15, -0.1) is 0 Å². The number of carbonyl (C=O) groups excluding carboxylic acids is 2. The summed E-state index contributed by atoms with van der Waals surface area (Å²) in [5, 5.41) is 0. The largest absolute Gasteiger partial charge is 0.472 e. The molecule has 0 saturated carbocycles. The van der Waals surface area contributed by atoms with Gasteiger partial charge in [0.2, 0.25) is 0 Å². The van der Waals surface area contributed by atoms with Gasteiger partial charge in [0.1, 0.15) is 6.61 Å². The smallest absolute Gasteiger partial charge is 0.462 e. The first-order chi connectivity index (χ1) is 40.8. The molecule has 0 aliphatic rings. The molecule has 0 heterocycles. The SMILES string of the molecule is CC/C=C\C/C=C\C/C=C\C/C=C\C/C=C\C/C=C\C/C=C\CCCCCCCC(=O)OC(COC(=O)CCCCCCCCCCCCCCCCCCCCC/C=C\C/C=C\C/C=C\C/C=C\C/C=C\CC)COP(=O)(O)OCCN. The number of hydrogen-bond acceptors (Lipinski definition) is 8. The van der Waals surface area contributed by atoms with Gasteiger partial charge in [-0.3, -0.25) is 18.6 Å². The van der Waals surface area contributed by atoms with Crippen LogP contribution in [0.1, 0.15) is 271 Å². The predicted octanol–water partition coefficient (Wildman–Crippen LogP) is 21.9. The van der Waals surface area contributed by atoms with Gasteiger partial charge in [0.05, 0.1) is 13.2 Å². The molecule has 0 spiro atoms. The normalized spacial score (nSPS) is 13.9. The Labute approximate surface area is 509 Å². The lowest BCUT2D eigenvalue weighted by Gasteiger charge is -2.19. The van der Waals surface area contributed by atoms with E-state index >= 15 is 0 Å². The number of esters is 2. The number of nitrogens with two attached hydrogens (primary N) is 1. The van der Waals surface area contributed by atoms with Crippen molar-refractivity contribution in [2.24, 2.45) is 5.73 Å². The molecule has 0 aromatic heterocycles. The van der Waals surface area contributed by atoms with Crippen LogP contribution in [0.3, 0.4) is 0 Å². The third-order valence-corrected chi connectivity index (χ3v) is 14.7. The average Bonchev–Trinajstić information content (AvgIpc) is 3.48. The van der Waals surface area contributed by atoms with Crippen LogP contribution in [0.4, 0.5) is 0 Å². The summed E-state index contributed by atoms with van der Waals surface area (Å²) >= 11 is 0. The van der Waals surface area contributed by atoms with E-state index in [0.29, 0.717) is 6.42 Å². The highest BCUT2D eigenvalue weighted by Gasteiger charge is 2.26. The van der Waals surface area contributed by atoms with Gasteiger partial charge in [-0.1, -0.05) is 288 Å². The van der Waals surface area contributed by atoms with E-state index in [0.717, 1.165) is 128 Å². The second-order valence-electron chi connectivity index (χ2n) is 21.6. The molecule has 0 radical (unpaired) electrons. The summed E-state index contributed by atoms with van der Waals surface area (Å²) in [4.78, 5) is 35.3. The summed E-state index contributed by atoms with van der Waals surface area (Å²) in [6, 6.07) is 0. The van der Waals surface area contributed by atoms with E-state index < -0.39 is 26.5 Å². The van der Waals surface area contributed by atoms with Crippen LogP contribution in [0.25, 0.3) is 0 Å². The molecule has 10 heteroatoms. The molecule has 0 aliphatic heterocycles. The summed E-state index contributed by atoms with van der Waals surface area (Å²) in [5.41, 5.74) is 5.39. The Morgan fingerprint density at radius 2 is 0.627 bits per heavy atom. The van der Waals surface area contributed by atoms with E-state index in [1.807, 2.05) is 0 Å². The maximum atomic E-state index is 12.7. The highest BCUT2D eigenvalue weighted by Crippen LogP contribution is 2.43. The molecule has 9 nitrogen and oxygen atoms in total. The van der Waals surface area contributed by atoms with E-state index in [9.17, 15) is 19.0 Å². The molecule has 0 aromatic rings. The van der Waals surface area contributed by atoms with E-state index in [-0.39, 0.29) is 38.6 Å². The summed E-state index contributed by atoms with van der Waals surface area (Å²) in [6.07, 6.45) is 96.4. The number of allylic oxidation sites excluding steroid dienone is 24. The second kappa shape index (κ2) is 67.0. The summed E-state index contributed by atoms with van der Waals surface area (Å²) in [5.74, 6) is -0.852. The number of ether oxygens (including phenoxy) is 2. The molecule has 0 aliphatic carbocycles. The van der Waals surface area contributed by atoms with Gasteiger partial charge < -0.3 is 20.1 Å². The molecule has 2 atom stereocenters. The standard InChI is InChI=1S/C73H122NO8P/c1-3-5-7-9-11-13-15-17-19-21-23-25-27-29-31-32-33-34-35-36-37-38-40-41-43-45-47-49-51-53-55-57-59-61-63-65-72(75)79-69-71(70-81-83(77,78)80-68-67-74)82-73(76)66-64-62-60-58-56-54-52-50-48-46-44-42-39-30-28-26-24-22-20-18-16-14-12-10-8-6-4-2/h5-8,11-14,17-20,23-26,29-31,39,44,46,50,52,71H,3-4,9-10,15-16,21-22,27-28,32-38,40-43,45,47-49,51,53-70,74H2,1-2H3,(H,77,78)/b7-5-,8-6-,13-11-,14-12-,19-17-,20-18-,25-23-,26-24-,31-29-,39-30-,46-44-,52-50-. The second-order valence-corrected chi connectivity index (χ2v) is 23.0. The zero-order valence-electron chi connectivity index (χ0n) is 52.9. The Morgan fingerprint density at radius 1 is 0.361 bits per heavy atom. The zero-order valence-corrected chi connectivity index (χ0v) is 53.8. The van der Waals surface area contributed by atoms with Crippen molar-refractivity contribution in [3.05, 3.63) is 146 Å². The van der Waals surface area contributed by atoms with Crippen molar-refractivity contribution < 1.29 is 37.6 Å². The van der Waals surface area contributed by atoms with Gasteiger partial charge in [0.25, 0.3) is 0 Å². The lowest BCUT2D eigenvalue weighted by molar-refractivity contribution is -0.161. The number of rotatable bonds is 61. The Morgan fingerprint density at radius 3 is 0.928 bits per heavy atom. The molecule has 0 aromatic carbocycles. The molecule has 0 bridgehead atoms. The monoisotopic (exact) mass is 1170 g/mol. The molecule has 3 N–H and O–H groups in total. The van der Waals surface area contributed by atoms with E-state index in [1.54, 1.807) is 0 Å². The van der Waals surface area contributed by atoms with Gasteiger partial charge in [0, 0.05) is 19.4 Å². The maximum Gasteiger partial charge on any atom is 0.472 e. The molecule has 0 saturated heterocycles. The van der Waals surface area contributed by atoms with Crippen LogP contribution in [0.5, 0.6) is 0 Å². The fourth-order valence-electron chi connectivity index (χ4n) is 8.88. The van der Waals surface area contributed by atoms with Gasteiger partial charge in [0.15, 0.2) is 6.10 Å². The topological polar surface area (TPSA) is 134 Å². The molecule has 2 unspecified atom stereocenters. The van der Waals surface area contributed by atoms with Crippen LogP contribution in [0, 0.1) is 0 Å². The summed E-state index contributed by atoms with van der Waals surface area (Å²) < 4.78 is 33.1. The number of unbranched alkanes of at least 4 members (excludes halogenated alkanes) is 24. The molecular weight excluding hydrogens is 1050 g/mol. The van der Waals surface area contributed by atoms with Crippen molar-refractivity contribution in [1.82, 2.24) is 0 Å². The molecule has 0 rings (SSSR count). The van der Waals surface area contributed by atoms with Crippen molar-refractivity contribution >= 4 is 19.8 Å². The summed E-state index contributed by atoms with van der Waals surface area (Å²) in [6.45, 7) is 3.50. The van der Waals surface area contributed by atoms with Gasteiger partial charge in [-0.05, 0) is 116 Å². The Bertz CT molecular complexity index is 1870. The third-order valence-electron chi connectivity index (χ3n) is 13.7. The van der Waals surface area contributed by atoms with E-state index in [4.69, 9.17) is 24.3 Å². The van der Waals surface area contributed by atoms with Gasteiger partial charge >= 0.3 is 19.8 Å². The minimum absolute atomic E-state index is 0.0436. The van der Waals surface area contributed by atoms with Crippen LogP contribution in [-0.2, 0) is 32.7 Å². The van der Waals surface area contributed by atoms with Crippen molar-refractivity contribution in [2.75, 3.05) is 26.4 Å². The van der Waals surface area contributed by atoms with Crippen molar-refractivity contribution in [2.45, 2.75) is 277 Å². The van der Waals surface area contributed by atoms with E-state index in [1.165, 1.54) is 109 Å². The average molecular weight is 1170 g/mol. The molecule has 0 amide bonds. The third kappa shape index (κ3) is 66.9. The quantitative estimate of drug-likeness (QED) is 0.0264. The van der Waals surface area contributed by atoms with Crippen LogP contribution < -0.4 is 5.73 Å². The van der Waals surface area contributed by atoms with Crippen molar-refractivity contribution in [1.29, 1.82) is 0 Å². The number of hydrogen-bond donors (Lipinski definition) is 2. The van der Waals surface area contributed by atoms with E-state index in [2.05, 4.69) is 160 Å². The minimum Gasteiger partial charge on any atom is -0.462 e. The number of carbonyl (C=O) groups is 2. The first-order valence-electron chi connectivity index (χ1n) is 33.3. The van der Waals surface area contributed by atoms with Crippen molar-refractivity contribution in [3.63, 3.8) is 0 Å². The predicted molar refractivity (Wildman–Crippen MR) is 357 cm³/mol. The fourth-order valence-corrected chi connectivity index (χ4v) is 9.64. The molecule has 0 fully saturated rings. The Balaban J connectivity index is 3.94. The highest BCUT2D eigenvalue weighted by atomic mass is 31.2. The molecule has 83 heavy (non-hydrogen) atoms. The molecular formula is C73H122NO8P. The Hall–Kier alpha value is -4.11. The van der Waals surface area contributed by atoms with Crippen molar-refractivity contribution in [3.8, 4) is 0 Å². The minimum atomic E-state index is -4.41. The van der Waals surface area contributed by atoms with Gasteiger partial charge in [-0.2, -0.15) is 0 Å².